The Morgan fingerprint density at radius 1 is 0.833 bits per heavy atom. The van der Waals surface area contributed by atoms with Gasteiger partial charge in [-0.1, -0.05) is 68.4 Å². The van der Waals surface area contributed by atoms with Crippen LogP contribution in [-0.4, -0.2) is 10.5 Å². The SMILES string of the molecule is CC(C)CC(NC(=O)Cn1c2ccccc2c(=O)c2ccccc21)c1ccccc1. The summed E-state index contributed by atoms with van der Waals surface area (Å²) in [4.78, 5) is 26.0. The van der Waals surface area contributed by atoms with E-state index in [0.29, 0.717) is 16.7 Å². The third-order valence-corrected chi connectivity index (χ3v) is 5.42. The monoisotopic (exact) mass is 398 g/mol. The van der Waals surface area contributed by atoms with Gasteiger partial charge in [0.05, 0.1) is 17.1 Å². The summed E-state index contributed by atoms with van der Waals surface area (Å²) in [5.74, 6) is 0.382. The Morgan fingerprint density at radius 2 is 1.37 bits per heavy atom. The molecule has 1 unspecified atom stereocenters. The van der Waals surface area contributed by atoms with Gasteiger partial charge < -0.3 is 9.88 Å². The first-order valence-electron chi connectivity index (χ1n) is 10.4. The van der Waals surface area contributed by atoms with E-state index in [1.54, 1.807) is 0 Å². The van der Waals surface area contributed by atoms with E-state index < -0.39 is 0 Å². The number of carbonyl (C=O) groups is 1. The summed E-state index contributed by atoms with van der Waals surface area (Å²) >= 11 is 0. The van der Waals surface area contributed by atoms with Gasteiger partial charge in [0.25, 0.3) is 0 Å². The van der Waals surface area contributed by atoms with Crippen molar-refractivity contribution in [1.29, 1.82) is 0 Å². The van der Waals surface area contributed by atoms with Crippen LogP contribution in [0.25, 0.3) is 21.8 Å². The summed E-state index contributed by atoms with van der Waals surface area (Å²) in [5.41, 5.74) is 2.65. The highest BCUT2D eigenvalue weighted by Crippen LogP contribution is 2.22. The zero-order chi connectivity index (χ0) is 21.1. The van der Waals surface area contributed by atoms with E-state index >= 15 is 0 Å². The molecule has 4 heteroatoms. The molecule has 0 spiro atoms. The number of hydrogen-bond acceptors (Lipinski definition) is 2. The molecule has 0 aliphatic carbocycles. The molecule has 0 saturated heterocycles. The van der Waals surface area contributed by atoms with Gasteiger partial charge >= 0.3 is 0 Å². The molecule has 1 N–H and O–H groups in total. The third-order valence-electron chi connectivity index (χ3n) is 5.42. The highest BCUT2D eigenvalue weighted by Gasteiger charge is 2.18. The number of hydrogen-bond donors (Lipinski definition) is 1. The molecule has 0 bridgehead atoms. The molecule has 1 atom stereocenters. The topological polar surface area (TPSA) is 51.1 Å². The number of benzene rings is 3. The molecule has 3 aromatic carbocycles. The number of nitrogens with one attached hydrogen (secondary N) is 1. The maximum absolute atomic E-state index is 13.1. The van der Waals surface area contributed by atoms with E-state index in [0.717, 1.165) is 23.0 Å². The number of pyridine rings is 1. The number of nitrogens with zero attached hydrogens (tertiary/aromatic N) is 1. The van der Waals surface area contributed by atoms with Gasteiger partial charge in [-0.2, -0.15) is 0 Å². The maximum Gasteiger partial charge on any atom is 0.240 e. The van der Waals surface area contributed by atoms with Gasteiger partial charge in [-0.05, 0) is 42.2 Å². The number of fused-ring (bicyclic) bond motifs is 2. The van der Waals surface area contributed by atoms with Gasteiger partial charge in [0.15, 0.2) is 5.43 Å². The fourth-order valence-corrected chi connectivity index (χ4v) is 4.07. The van der Waals surface area contributed by atoms with Crippen molar-refractivity contribution in [2.75, 3.05) is 0 Å². The van der Waals surface area contributed by atoms with Crippen molar-refractivity contribution in [3.05, 3.63) is 94.6 Å². The second-order valence-corrected chi connectivity index (χ2v) is 8.11. The molecule has 4 nitrogen and oxygen atoms in total. The van der Waals surface area contributed by atoms with Crippen LogP contribution in [0, 0.1) is 5.92 Å². The molecule has 4 rings (SSSR count). The van der Waals surface area contributed by atoms with Gasteiger partial charge in [-0.25, -0.2) is 0 Å². The number of amides is 1. The molecule has 0 aliphatic heterocycles. The zero-order valence-corrected chi connectivity index (χ0v) is 17.3. The van der Waals surface area contributed by atoms with Crippen LogP contribution >= 0.6 is 0 Å². The molecule has 1 heterocycles. The Morgan fingerprint density at radius 3 is 1.93 bits per heavy atom. The molecule has 1 amide bonds. The van der Waals surface area contributed by atoms with Gasteiger partial charge in [-0.15, -0.1) is 0 Å². The van der Waals surface area contributed by atoms with E-state index in [9.17, 15) is 9.59 Å². The van der Waals surface area contributed by atoms with Crippen LogP contribution in [0.5, 0.6) is 0 Å². The number of aromatic nitrogens is 1. The summed E-state index contributed by atoms with van der Waals surface area (Å²) in [6, 6.07) is 25.0. The average molecular weight is 399 g/mol. The summed E-state index contributed by atoms with van der Waals surface area (Å²) in [7, 11) is 0. The van der Waals surface area contributed by atoms with Crippen LogP contribution in [-0.2, 0) is 11.3 Å². The quantitative estimate of drug-likeness (QED) is 0.462. The van der Waals surface area contributed by atoms with Crippen molar-refractivity contribution >= 4 is 27.7 Å². The number of rotatable bonds is 6. The minimum atomic E-state index is -0.0662. The lowest BCUT2D eigenvalue weighted by molar-refractivity contribution is -0.122. The van der Waals surface area contributed by atoms with Crippen LogP contribution < -0.4 is 10.7 Å². The predicted octanol–water partition coefficient (Wildman–Crippen LogP) is 5.06. The first-order valence-corrected chi connectivity index (χ1v) is 10.4. The van der Waals surface area contributed by atoms with Crippen molar-refractivity contribution in [1.82, 2.24) is 9.88 Å². The number of carbonyl (C=O) groups excluding carboxylic acids is 1. The molecule has 30 heavy (non-hydrogen) atoms. The molecular weight excluding hydrogens is 372 g/mol. The molecule has 152 valence electrons. The minimum Gasteiger partial charge on any atom is -0.348 e. The van der Waals surface area contributed by atoms with Crippen LogP contribution in [0.4, 0.5) is 0 Å². The molecule has 0 saturated carbocycles. The highest BCUT2D eigenvalue weighted by molar-refractivity contribution is 5.94. The van der Waals surface area contributed by atoms with E-state index in [-0.39, 0.29) is 23.9 Å². The highest BCUT2D eigenvalue weighted by atomic mass is 16.2. The van der Waals surface area contributed by atoms with E-state index in [1.165, 1.54) is 0 Å². The standard InChI is InChI=1S/C26H26N2O2/c1-18(2)16-22(19-10-4-3-5-11-19)27-25(29)17-28-23-14-8-6-12-20(23)26(30)21-13-7-9-15-24(21)28/h3-15,18,22H,16-17H2,1-2H3,(H,27,29). The lowest BCUT2D eigenvalue weighted by atomic mass is 9.97. The largest absolute Gasteiger partial charge is 0.348 e. The first-order chi connectivity index (χ1) is 14.5. The Bertz CT molecular complexity index is 1180. The molecular formula is C26H26N2O2. The second kappa shape index (κ2) is 8.54. The van der Waals surface area contributed by atoms with Gasteiger partial charge in [0, 0.05) is 10.8 Å². The lowest BCUT2D eigenvalue weighted by Gasteiger charge is -2.22. The third kappa shape index (κ3) is 3.99. The molecule has 0 radical (unpaired) electrons. The van der Waals surface area contributed by atoms with Crippen molar-refractivity contribution in [3.63, 3.8) is 0 Å². The van der Waals surface area contributed by atoms with Crippen LogP contribution in [0.2, 0.25) is 0 Å². The summed E-state index contributed by atoms with van der Waals surface area (Å²) in [6.45, 7) is 4.47. The molecule has 1 aromatic heterocycles. The minimum absolute atomic E-state index is 0.000159. The lowest BCUT2D eigenvalue weighted by Crippen LogP contribution is -2.33. The average Bonchev–Trinajstić information content (AvgIpc) is 2.76. The summed E-state index contributed by atoms with van der Waals surface area (Å²) in [6.07, 6.45) is 0.863. The van der Waals surface area contributed by atoms with E-state index in [2.05, 4.69) is 31.3 Å². The zero-order valence-electron chi connectivity index (χ0n) is 17.3. The fourth-order valence-electron chi connectivity index (χ4n) is 4.07. The van der Waals surface area contributed by atoms with E-state index in [4.69, 9.17) is 0 Å². The summed E-state index contributed by atoms with van der Waals surface area (Å²) in [5, 5.41) is 4.48. The van der Waals surface area contributed by atoms with Crippen LogP contribution in [0.15, 0.2) is 83.7 Å². The Kier molecular flexibility index (Phi) is 5.66. The Labute approximate surface area is 176 Å². The Balaban J connectivity index is 1.72. The fraction of sp³-hybridized carbons (Fsp3) is 0.231. The van der Waals surface area contributed by atoms with Crippen molar-refractivity contribution in [2.45, 2.75) is 32.9 Å². The van der Waals surface area contributed by atoms with Gasteiger partial charge in [0.1, 0.15) is 6.54 Å². The van der Waals surface area contributed by atoms with Crippen LogP contribution in [0.1, 0.15) is 31.9 Å². The molecule has 4 aromatic rings. The van der Waals surface area contributed by atoms with Gasteiger partial charge in [0.2, 0.25) is 5.91 Å². The summed E-state index contributed by atoms with van der Waals surface area (Å²) < 4.78 is 1.94. The second-order valence-electron chi connectivity index (χ2n) is 8.11. The van der Waals surface area contributed by atoms with E-state index in [1.807, 2.05) is 71.3 Å². The van der Waals surface area contributed by atoms with Crippen molar-refractivity contribution in [2.24, 2.45) is 5.92 Å². The van der Waals surface area contributed by atoms with Crippen molar-refractivity contribution < 1.29 is 4.79 Å². The normalized spacial score (nSPS) is 12.4. The van der Waals surface area contributed by atoms with Gasteiger partial charge in [-0.3, -0.25) is 9.59 Å². The number of para-hydroxylation sites is 2. The first kappa shape index (κ1) is 19.9. The predicted molar refractivity (Wildman–Crippen MR) is 122 cm³/mol. The maximum atomic E-state index is 13.1. The molecule has 0 aliphatic rings. The smallest absolute Gasteiger partial charge is 0.240 e. The van der Waals surface area contributed by atoms with Crippen LogP contribution in [0.3, 0.4) is 0 Å². The Hall–Kier alpha value is -3.40. The molecule has 0 fully saturated rings. The van der Waals surface area contributed by atoms with Crippen molar-refractivity contribution in [3.8, 4) is 0 Å².